The van der Waals surface area contributed by atoms with E-state index in [-0.39, 0.29) is 0 Å². The molecule has 7 nitrogen and oxygen atoms in total. The number of fused-ring (bicyclic) bond motifs is 1. The summed E-state index contributed by atoms with van der Waals surface area (Å²) in [5.41, 5.74) is 3.17. The number of ether oxygens (including phenoxy) is 1. The molecule has 0 saturated heterocycles. The monoisotopic (exact) mass is 344 g/mol. The van der Waals surface area contributed by atoms with Crippen LogP contribution in [0.25, 0.3) is 11.0 Å². The second-order valence-corrected chi connectivity index (χ2v) is 5.69. The Morgan fingerprint density at radius 2 is 1.96 bits per heavy atom. The highest BCUT2D eigenvalue weighted by molar-refractivity contribution is 7.80. The van der Waals surface area contributed by atoms with Crippen LogP contribution in [0.3, 0.4) is 0 Å². The largest absolute Gasteiger partial charge is 0.481 e. The Morgan fingerprint density at radius 3 is 2.67 bits per heavy atom. The van der Waals surface area contributed by atoms with Crippen molar-refractivity contribution in [1.29, 1.82) is 0 Å². The lowest BCUT2D eigenvalue weighted by Crippen LogP contribution is -2.03. The molecule has 124 valence electrons. The van der Waals surface area contributed by atoms with Crippen LogP contribution in [0.1, 0.15) is 5.56 Å². The van der Waals surface area contributed by atoms with E-state index in [2.05, 4.69) is 20.0 Å². The van der Waals surface area contributed by atoms with Crippen LogP contribution in [-0.4, -0.2) is 25.8 Å². The third-order valence-electron chi connectivity index (χ3n) is 3.43. The summed E-state index contributed by atoms with van der Waals surface area (Å²) in [5.74, 6) is 0.525. The lowest BCUT2D eigenvalue weighted by atomic mass is 10.2. The predicted octanol–water partition coefficient (Wildman–Crippen LogP) is 2.80. The van der Waals surface area contributed by atoms with Gasteiger partial charge in [0.2, 0.25) is 5.88 Å². The molecule has 24 heavy (non-hydrogen) atoms. The van der Waals surface area contributed by atoms with Gasteiger partial charge in [0.25, 0.3) is 11.3 Å². The topological polar surface area (TPSA) is 96.4 Å². The number of rotatable bonds is 6. The number of methoxy groups -OCH3 is 1. The molecule has 0 aliphatic heterocycles. The van der Waals surface area contributed by atoms with E-state index in [1.165, 1.54) is 0 Å². The molecule has 0 aliphatic carbocycles. The third kappa shape index (κ3) is 3.79. The highest BCUT2D eigenvalue weighted by Crippen LogP contribution is 2.23. The maximum atomic E-state index is 10.7. The highest BCUT2D eigenvalue weighted by atomic mass is 32.2. The average Bonchev–Trinajstić information content (AvgIpc) is 2.60. The van der Waals surface area contributed by atoms with Crippen molar-refractivity contribution in [3.05, 3.63) is 54.2 Å². The van der Waals surface area contributed by atoms with Gasteiger partial charge in [-0.1, -0.05) is 12.1 Å². The van der Waals surface area contributed by atoms with Gasteiger partial charge in [0.1, 0.15) is 0 Å². The predicted molar refractivity (Wildman–Crippen MR) is 94.3 cm³/mol. The smallest absolute Gasteiger partial charge is 0.259 e. The maximum Gasteiger partial charge on any atom is 0.259 e. The second kappa shape index (κ2) is 7.24. The summed E-state index contributed by atoms with van der Waals surface area (Å²) >= 11 is -2.06. The molecule has 1 atom stereocenters. The van der Waals surface area contributed by atoms with Crippen molar-refractivity contribution in [2.45, 2.75) is 6.54 Å². The number of hydrogen-bond acceptors (Lipinski definition) is 5. The molecule has 8 heteroatoms. The van der Waals surface area contributed by atoms with Crippen molar-refractivity contribution in [1.82, 2.24) is 9.97 Å². The van der Waals surface area contributed by atoms with Crippen molar-refractivity contribution >= 4 is 33.7 Å². The first-order valence-corrected chi connectivity index (χ1v) is 8.26. The van der Waals surface area contributed by atoms with Crippen LogP contribution in [0.2, 0.25) is 0 Å². The zero-order chi connectivity index (χ0) is 16.9. The molecular weight excluding hydrogens is 328 g/mol. The first-order chi connectivity index (χ1) is 11.7. The Labute approximate surface area is 141 Å². The molecule has 0 spiro atoms. The second-order valence-electron chi connectivity index (χ2n) is 4.98. The molecule has 0 fully saturated rings. The minimum Gasteiger partial charge on any atom is -0.481 e. The van der Waals surface area contributed by atoms with Crippen molar-refractivity contribution in [2.75, 3.05) is 17.1 Å². The SMILES string of the molecule is COc1ccc2c(NCc3ccc(NS(=O)O)cc3)ccnc2n1. The zero-order valence-electron chi connectivity index (χ0n) is 12.9. The van der Waals surface area contributed by atoms with Crippen molar-refractivity contribution in [2.24, 2.45) is 0 Å². The Balaban J connectivity index is 1.74. The lowest BCUT2D eigenvalue weighted by molar-refractivity contribution is 0.399. The fourth-order valence-corrected chi connectivity index (χ4v) is 2.61. The fraction of sp³-hybridized carbons (Fsp3) is 0.125. The van der Waals surface area contributed by atoms with Crippen LogP contribution in [0.15, 0.2) is 48.7 Å². The summed E-state index contributed by atoms with van der Waals surface area (Å²) < 4.78 is 27.0. The molecule has 3 aromatic rings. The maximum absolute atomic E-state index is 10.7. The highest BCUT2D eigenvalue weighted by Gasteiger charge is 2.05. The Bertz CT molecular complexity index is 871. The first-order valence-electron chi connectivity index (χ1n) is 7.16. The van der Waals surface area contributed by atoms with Crippen LogP contribution >= 0.6 is 0 Å². The summed E-state index contributed by atoms with van der Waals surface area (Å²) in [7, 11) is 1.57. The van der Waals surface area contributed by atoms with E-state index in [9.17, 15) is 4.21 Å². The summed E-state index contributed by atoms with van der Waals surface area (Å²) in [6, 6.07) is 12.9. The van der Waals surface area contributed by atoms with Gasteiger partial charge in [0.15, 0.2) is 5.65 Å². The van der Waals surface area contributed by atoms with Crippen LogP contribution in [-0.2, 0) is 17.8 Å². The first kappa shape index (κ1) is 16.2. The molecule has 0 amide bonds. The number of aromatic nitrogens is 2. The van der Waals surface area contributed by atoms with E-state index in [1.54, 1.807) is 31.5 Å². The van der Waals surface area contributed by atoms with Gasteiger partial charge in [0.05, 0.1) is 7.11 Å². The number of hydrogen-bond donors (Lipinski definition) is 3. The van der Waals surface area contributed by atoms with Crippen molar-refractivity contribution in [3.8, 4) is 5.88 Å². The van der Waals surface area contributed by atoms with E-state index in [0.717, 1.165) is 16.6 Å². The Hall–Kier alpha value is -2.71. The van der Waals surface area contributed by atoms with Gasteiger partial charge in [-0.15, -0.1) is 0 Å². The van der Waals surface area contributed by atoms with Crippen molar-refractivity contribution in [3.63, 3.8) is 0 Å². The van der Waals surface area contributed by atoms with Gasteiger partial charge in [-0.25, -0.2) is 9.19 Å². The van der Waals surface area contributed by atoms with Gasteiger partial charge >= 0.3 is 0 Å². The van der Waals surface area contributed by atoms with E-state index in [4.69, 9.17) is 9.29 Å². The molecule has 0 saturated carbocycles. The molecular formula is C16H16N4O3S. The molecule has 2 heterocycles. The van der Waals surface area contributed by atoms with E-state index in [0.29, 0.717) is 23.8 Å². The number of anilines is 2. The van der Waals surface area contributed by atoms with Crippen LogP contribution in [0, 0.1) is 0 Å². The molecule has 0 aliphatic rings. The Morgan fingerprint density at radius 1 is 1.17 bits per heavy atom. The number of nitrogens with one attached hydrogen (secondary N) is 2. The third-order valence-corrected chi connectivity index (χ3v) is 3.84. The number of pyridine rings is 2. The quantitative estimate of drug-likeness (QED) is 0.595. The lowest BCUT2D eigenvalue weighted by Gasteiger charge is -2.10. The molecule has 0 bridgehead atoms. The molecule has 0 radical (unpaired) electrons. The van der Waals surface area contributed by atoms with E-state index < -0.39 is 11.3 Å². The molecule has 1 unspecified atom stereocenters. The van der Waals surface area contributed by atoms with Crippen molar-refractivity contribution < 1.29 is 13.5 Å². The standard InChI is InChI=1S/C16H16N4O3S/c1-23-15-7-6-13-14(8-9-17-16(13)19-15)18-10-11-2-4-12(5-3-11)20-24(21)22/h2-9,20H,10H2,1H3,(H,21,22)(H,17,18,19). The molecule has 1 aromatic carbocycles. The van der Waals surface area contributed by atoms with Crippen LogP contribution in [0.4, 0.5) is 11.4 Å². The minimum absolute atomic E-state index is 0.525. The van der Waals surface area contributed by atoms with Gasteiger partial charge in [-0.05, 0) is 29.8 Å². The minimum atomic E-state index is -2.06. The van der Waals surface area contributed by atoms with Gasteiger partial charge in [-0.3, -0.25) is 9.27 Å². The summed E-state index contributed by atoms with van der Waals surface area (Å²) in [5, 5.41) is 4.26. The van der Waals surface area contributed by atoms with E-state index in [1.807, 2.05) is 24.3 Å². The van der Waals surface area contributed by atoms with E-state index >= 15 is 0 Å². The number of benzene rings is 1. The Kier molecular flexibility index (Phi) is 4.88. The van der Waals surface area contributed by atoms with Crippen LogP contribution < -0.4 is 14.8 Å². The fourth-order valence-electron chi connectivity index (χ4n) is 2.27. The number of nitrogens with zero attached hydrogens (tertiary/aromatic N) is 2. The van der Waals surface area contributed by atoms with Crippen LogP contribution in [0.5, 0.6) is 5.88 Å². The summed E-state index contributed by atoms with van der Waals surface area (Å²) in [4.78, 5) is 8.57. The summed E-state index contributed by atoms with van der Waals surface area (Å²) in [6.45, 7) is 0.605. The average molecular weight is 344 g/mol. The normalized spacial score (nSPS) is 11.9. The molecule has 3 rings (SSSR count). The molecule has 2 aromatic heterocycles. The summed E-state index contributed by atoms with van der Waals surface area (Å²) in [6.07, 6.45) is 1.70. The van der Waals surface area contributed by atoms with Gasteiger partial charge in [-0.2, -0.15) is 4.98 Å². The molecule has 3 N–H and O–H groups in total. The van der Waals surface area contributed by atoms with Gasteiger partial charge in [0, 0.05) is 35.6 Å². The zero-order valence-corrected chi connectivity index (χ0v) is 13.7. The van der Waals surface area contributed by atoms with Gasteiger partial charge < -0.3 is 10.1 Å².